The molecule has 0 unspecified atom stereocenters. The molecule has 0 spiro atoms. The van der Waals surface area contributed by atoms with Gasteiger partial charge in [0.05, 0.1) is 28.6 Å². The van der Waals surface area contributed by atoms with E-state index in [0.717, 1.165) is 18.8 Å². The summed E-state index contributed by atoms with van der Waals surface area (Å²) in [6.45, 7) is 7.75. The monoisotopic (exact) mass is 270 g/mol. The second-order valence-electron chi connectivity index (χ2n) is 3.79. The topological polar surface area (TPSA) is 55.6 Å². The summed E-state index contributed by atoms with van der Waals surface area (Å²) in [5.41, 5.74) is 7.63. The van der Waals surface area contributed by atoms with Crippen LogP contribution in [0.1, 0.15) is 31.1 Å². The lowest BCUT2D eigenvalue weighted by Crippen LogP contribution is -2.23. The van der Waals surface area contributed by atoms with Crippen LogP contribution in [0.4, 0.5) is 11.4 Å². The summed E-state index contributed by atoms with van der Waals surface area (Å²) < 4.78 is 4.92. The first-order chi connectivity index (χ1) is 8.54. The van der Waals surface area contributed by atoms with Crippen molar-refractivity contribution in [2.75, 3.05) is 30.3 Å². The molecule has 0 atom stereocenters. The van der Waals surface area contributed by atoms with Crippen molar-refractivity contribution in [3.05, 3.63) is 22.7 Å². The number of nitrogen functional groups attached to an aromatic ring is 1. The van der Waals surface area contributed by atoms with Gasteiger partial charge in [-0.25, -0.2) is 4.79 Å². The van der Waals surface area contributed by atoms with Crippen molar-refractivity contribution in [2.45, 2.75) is 20.8 Å². The molecule has 0 bridgehead atoms. The molecule has 0 radical (unpaired) electrons. The van der Waals surface area contributed by atoms with Crippen LogP contribution in [0.25, 0.3) is 0 Å². The maximum absolute atomic E-state index is 11.6. The Morgan fingerprint density at radius 1 is 1.33 bits per heavy atom. The van der Waals surface area contributed by atoms with E-state index in [2.05, 4.69) is 0 Å². The lowest BCUT2D eigenvalue weighted by molar-refractivity contribution is 0.0526. The van der Waals surface area contributed by atoms with E-state index < -0.39 is 5.97 Å². The van der Waals surface area contributed by atoms with E-state index in [1.54, 1.807) is 19.1 Å². The van der Waals surface area contributed by atoms with Crippen molar-refractivity contribution in [1.82, 2.24) is 0 Å². The highest BCUT2D eigenvalue weighted by molar-refractivity contribution is 6.34. The van der Waals surface area contributed by atoms with Gasteiger partial charge in [-0.1, -0.05) is 11.6 Å². The van der Waals surface area contributed by atoms with E-state index in [1.807, 2.05) is 18.7 Å². The van der Waals surface area contributed by atoms with Gasteiger partial charge >= 0.3 is 5.97 Å². The standard InChI is InChI=1S/C13H19ClN2O2/c1-4-16(5-2)12-10(14)7-9(8-11(12)15)13(17)18-6-3/h7-8H,4-6,15H2,1-3H3. The summed E-state index contributed by atoms with van der Waals surface area (Å²) in [5, 5.41) is 0.474. The summed E-state index contributed by atoms with van der Waals surface area (Å²) in [4.78, 5) is 13.7. The molecule has 0 aliphatic heterocycles. The lowest BCUT2D eigenvalue weighted by Gasteiger charge is -2.24. The van der Waals surface area contributed by atoms with Gasteiger partial charge in [0.1, 0.15) is 0 Å². The number of carbonyl (C=O) groups excluding carboxylic acids is 1. The Bertz CT molecular complexity index is 408. The molecular formula is C13H19ClN2O2. The Labute approximate surface area is 113 Å². The highest BCUT2D eigenvalue weighted by Gasteiger charge is 2.16. The van der Waals surface area contributed by atoms with Crippen LogP contribution in [0.5, 0.6) is 0 Å². The number of nitrogens with zero attached hydrogens (tertiary/aromatic N) is 1. The number of carbonyl (C=O) groups is 1. The number of hydrogen-bond acceptors (Lipinski definition) is 4. The van der Waals surface area contributed by atoms with Crippen LogP contribution in [0.3, 0.4) is 0 Å². The molecule has 1 aromatic carbocycles. The minimum Gasteiger partial charge on any atom is -0.462 e. The molecule has 0 aliphatic rings. The molecule has 0 aliphatic carbocycles. The van der Waals surface area contributed by atoms with Crippen LogP contribution in [0, 0.1) is 0 Å². The number of halogens is 1. The summed E-state index contributed by atoms with van der Waals surface area (Å²) in [7, 11) is 0. The zero-order valence-electron chi connectivity index (χ0n) is 11.0. The fourth-order valence-corrected chi connectivity index (χ4v) is 2.17. The molecule has 0 amide bonds. The van der Waals surface area contributed by atoms with Crippen molar-refractivity contribution < 1.29 is 9.53 Å². The van der Waals surface area contributed by atoms with Gasteiger partial charge in [-0.2, -0.15) is 0 Å². The van der Waals surface area contributed by atoms with Crippen molar-refractivity contribution in [3.63, 3.8) is 0 Å². The smallest absolute Gasteiger partial charge is 0.338 e. The molecule has 0 saturated heterocycles. The van der Waals surface area contributed by atoms with Gasteiger partial charge in [0.2, 0.25) is 0 Å². The van der Waals surface area contributed by atoms with E-state index >= 15 is 0 Å². The van der Waals surface area contributed by atoms with E-state index in [4.69, 9.17) is 22.1 Å². The second kappa shape index (κ2) is 6.50. The fourth-order valence-electron chi connectivity index (χ4n) is 1.83. The molecule has 0 saturated carbocycles. The SMILES string of the molecule is CCOC(=O)c1cc(N)c(N(CC)CC)c(Cl)c1. The van der Waals surface area contributed by atoms with Gasteiger partial charge in [-0.05, 0) is 32.9 Å². The molecule has 5 heteroatoms. The Hall–Kier alpha value is -1.42. The molecule has 18 heavy (non-hydrogen) atoms. The van der Waals surface area contributed by atoms with Crippen molar-refractivity contribution in [2.24, 2.45) is 0 Å². The number of hydrogen-bond donors (Lipinski definition) is 1. The van der Waals surface area contributed by atoms with Gasteiger partial charge in [0, 0.05) is 13.1 Å². The maximum Gasteiger partial charge on any atom is 0.338 e. The van der Waals surface area contributed by atoms with Crippen molar-refractivity contribution >= 4 is 28.9 Å². The molecule has 4 nitrogen and oxygen atoms in total. The second-order valence-corrected chi connectivity index (χ2v) is 4.20. The predicted octanol–water partition coefficient (Wildman–Crippen LogP) is 2.95. The van der Waals surface area contributed by atoms with Gasteiger partial charge in [-0.15, -0.1) is 0 Å². The Morgan fingerprint density at radius 2 is 1.94 bits per heavy atom. The Balaban J connectivity index is 3.15. The third kappa shape index (κ3) is 3.07. The molecular weight excluding hydrogens is 252 g/mol. The summed E-state index contributed by atoms with van der Waals surface area (Å²) in [6.07, 6.45) is 0. The predicted molar refractivity (Wildman–Crippen MR) is 75.4 cm³/mol. The largest absolute Gasteiger partial charge is 0.462 e. The van der Waals surface area contributed by atoms with Crippen molar-refractivity contribution in [3.8, 4) is 0 Å². The number of anilines is 2. The average molecular weight is 271 g/mol. The van der Waals surface area contributed by atoms with E-state index in [0.29, 0.717) is 22.9 Å². The molecule has 1 rings (SSSR count). The third-order valence-corrected chi connectivity index (χ3v) is 2.97. The van der Waals surface area contributed by atoms with Crippen LogP contribution >= 0.6 is 11.6 Å². The summed E-state index contributed by atoms with van der Waals surface area (Å²) >= 11 is 6.20. The molecule has 0 fully saturated rings. The Kier molecular flexibility index (Phi) is 5.28. The van der Waals surface area contributed by atoms with Crippen LogP contribution < -0.4 is 10.6 Å². The molecule has 0 heterocycles. The minimum atomic E-state index is -0.405. The number of nitrogens with two attached hydrogens (primary N) is 1. The van der Waals surface area contributed by atoms with Crippen LogP contribution in [0.2, 0.25) is 5.02 Å². The van der Waals surface area contributed by atoms with E-state index in [9.17, 15) is 4.79 Å². The minimum absolute atomic E-state index is 0.328. The normalized spacial score (nSPS) is 10.2. The number of benzene rings is 1. The summed E-state index contributed by atoms with van der Waals surface area (Å²) in [6, 6.07) is 3.21. The highest BCUT2D eigenvalue weighted by Crippen LogP contribution is 2.33. The lowest BCUT2D eigenvalue weighted by atomic mass is 10.1. The van der Waals surface area contributed by atoms with Crippen LogP contribution in [-0.4, -0.2) is 25.7 Å². The maximum atomic E-state index is 11.6. The first-order valence-corrected chi connectivity index (χ1v) is 6.43. The molecule has 1 aromatic rings. The molecule has 100 valence electrons. The number of rotatable bonds is 5. The quantitative estimate of drug-likeness (QED) is 0.660. The van der Waals surface area contributed by atoms with Gasteiger partial charge in [0.25, 0.3) is 0 Å². The van der Waals surface area contributed by atoms with Crippen LogP contribution in [-0.2, 0) is 4.74 Å². The van der Waals surface area contributed by atoms with Crippen LogP contribution in [0.15, 0.2) is 12.1 Å². The zero-order chi connectivity index (χ0) is 13.7. The third-order valence-electron chi connectivity index (χ3n) is 2.68. The van der Waals surface area contributed by atoms with Gasteiger partial charge in [-0.3, -0.25) is 0 Å². The number of ether oxygens (including phenoxy) is 1. The van der Waals surface area contributed by atoms with E-state index in [1.165, 1.54) is 0 Å². The first kappa shape index (κ1) is 14.6. The molecule has 2 N–H and O–H groups in total. The highest BCUT2D eigenvalue weighted by atomic mass is 35.5. The fraction of sp³-hybridized carbons (Fsp3) is 0.462. The van der Waals surface area contributed by atoms with Gasteiger partial charge in [0.15, 0.2) is 0 Å². The summed E-state index contributed by atoms with van der Waals surface area (Å²) in [5.74, 6) is -0.405. The zero-order valence-corrected chi connectivity index (χ0v) is 11.8. The van der Waals surface area contributed by atoms with Gasteiger partial charge < -0.3 is 15.4 Å². The first-order valence-electron chi connectivity index (χ1n) is 6.06. The van der Waals surface area contributed by atoms with Crippen molar-refractivity contribution in [1.29, 1.82) is 0 Å². The Morgan fingerprint density at radius 3 is 2.39 bits per heavy atom. The average Bonchev–Trinajstić information content (AvgIpc) is 2.33. The number of esters is 1. The molecule has 0 aromatic heterocycles. The van der Waals surface area contributed by atoms with E-state index in [-0.39, 0.29) is 0 Å².